The minimum atomic E-state index is -0.378. The Balaban J connectivity index is 2.22. The second kappa shape index (κ2) is 5.61. The van der Waals surface area contributed by atoms with Gasteiger partial charge in [0.25, 0.3) is 0 Å². The number of hydrogen-bond acceptors (Lipinski definition) is 4. The molecule has 0 fully saturated rings. The Morgan fingerprint density at radius 1 is 1.05 bits per heavy atom. The van der Waals surface area contributed by atoms with Crippen molar-refractivity contribution in [1.82, 2.24) is 9.97 Å². The number of aromatic nitrogens is 2. The highest BCUT2D eigenvalue weighted by atomic mass is 35.5. The van der Waals surface area contributed by atoms with E-state index in [0.29, 0.717) is 22.5 Å². The summed E-state index contributed by atoms with van der Waals surface area (Å²) in [6.45, 7) is 0. The van der Waals surface area contributed by atoms with E-state index in [1.54, 1.807) is 24.3 Å². The van der Waals surface area contributed by atoms with Gasteiger partial charge in [-0.25, -0.2) is 9.37 Å². The molecule has 3 aromatic rings. The van der Waals surface area contributed by atoms with E-state index in [1.807, 2.05) is 0 Å². The first-order chi connectivity index (χ1) is 10.5. The lowest BCUT2D eigenvalue weighted by Crippen LogP contribution is -1.98. The summed E-state index contributed by atoms with van der Waals surface area (Å²) in [7, 11) is 0. The van der Waals surface area contributed by atoms with Crippen LogP contribution in [0, 0.1) is 5.82 Å². The predicted molar refractivity (Wildman–Crippen MR) is 83.9 cm³/mol. The number of phenols is 1. The van der Waals surface area contributed by atoms with E-state index in [1.165, 1.54) is 24.4 Å². The van der Waals surface area contributed by atoms with Crippen LogP contribution in [0.2, 0.25) is 5.02 Å². The van der Waals surface area contributed by atoms with Crippen LogP contribution in [-0.4, -0.2) is 15.1 Å². The van der Waals surface area contributed by atoms with Gasteiger partial charge in [-0.1, -0.05) is 23.7 Å². The molecule has 4 nitrogen and oxygen atoms in total. The third-order valence-electron chi connectivity index (χ3n) is 3.11. The number of benzene rings is 2. The van der Waals surface area contributed by atoms with Gasteiger partial charge in [0.05, 0.1) is 22.6 Å². The Morgan fingerprint density at radius 3 is 2.55 bits per heavy atom. The van der Waals surface area contributed by atoms with Crippen LogP contribution in [0.3, 0.4) is 0 Å². The molecule has 0 aliphatic heterocycles. The summed E-state index contributed by atoms with van der Waals surface area (Å²) in [6, 6.07) is 10.7. The van der Waals surface area contributed by atoms with Gasteiger partial charge in [0.1, 0.15) is 17.4 Å². The van der Waals surface area contributed by atoms with Gasteiger partial charge in [-0.2, -0.15) is 0 Å². The SMILES string of the molecule is Nc1cnc(-c2ccc(O)c(Cl)c2)c(-c2cccc(F)c2)n1. The highest BCUT2D eigenvalue weighted by Gasteiger charge is 2.13. The first-order valence-corrected chi connectivity index (χ1v) is 6.80. The fourth-order valence-corrected chi connectivity index (χ4v) is 2.29. The molecule has 0 amide bonds. The maximum Gasteiger partial charge on any atom is 0.142 e. The molecule has 0 aliphatic carbocycles. The molecule has 0 bridgehead atoms. The van der Waals surface area contributed by atoms with E-state index in [0.717, 1.165) is 0 Å². The molecule has 0 saturated carbocycles. The lowest BCUT2D eigenvalue weighted by atomic mass is 10.0. The average Bonchev–Trinajstić information content (AvgIpc) is 2.50. The van der Waals surface area contributed by atoms with Crippen molar-refractivity contribution in [2.45, 2.75) is 0 Å². The van der Waals surface area contributed by atoms with Crippen molar-refractivity contribution < 1.29 is 9.50 Å². The van der Waals surface area contributed by atoms with E-state index in [4.69, 9.17) is 17.3 Å². The minimum absolute atomic E-state index is 0.0267. The van der Waals surface area contributed by atoms with Crippen LogP contribution in [0.4, 0.5) is 10.2 Å². The number of nitrogens with zero attached hydrogens (tertiary/aromatic N) is 2. The summed E-state index contributed by atoms with van der Waals surface area (Å²) in [5, 5.41) is 9.72. The van der Waals surface area contributed by atoms with Crippen molar-refractivity contribution in [1.29, 1.82) is 0 Å². The molecular formula is C16H11ClFN3O. The fourth-order valence-electron chi connectivity index (χ4n) is 2.11. The summed E-state index contributed by atoms with van der Waals surface area (Å²) >= 11 is 5.94. The van der Waals surface area contributed by atoms with Crippen molar-refractivity contribution in [3.63, 3.8) is 0 Å². The molecule has 0 spiro atoms. The molecule has 3 N–H and O–H groups in total. The molecule has 1 aromatic heterocycles. The van der Waals surface area contributed by atoms with Gasteiger partial charge in [-0.3, -0.25) is 4.98 Å². The quantitative estimate of drug-likeness (QED) is 0.752. The van der Waals surface area contributed by atoms with Crippen LogP contribution in [0.1, 0.15) is 0 Å². The molecular weight excluding hydrogens is 305 g/mol. The van der Waals surface area contributed by atoms with E-state index >= 15 is 0 Å². The highest BCUT2D eigenvalue weighted by molar-refractivity contribution is 6.32. The second-order valence-corrected chi connectivity index (χ2v) is 5.08. The molecule has 22 heavy (non-hydrogen) atoms. The molecule has 6 heteroatoms. The van der Waals surface area contributed by atoms with Crippen LogP contribution in [0.15, 0.2) is 48.7 Å². The Bertz CT molecular complexity index is 855. The highest BCUT2D eigenvalue weighted by Crippen LogP contribution is 2.33. The summed E-state index contributed by atoms with van der Waals surface area (Å²) in [6.07, 6.45) is 1.42. The van der Waals surface area contributed by atoms with Crippen LogP contribution in [-0.2, 0) is 0 Å². The molecule has 0 atom stereocenters. The number of rotatable bonds is 2. The lowest BCUT2D eigenvalue weighted by Gasteiger charge is -2.10. The van der Waals surface area contributed by atoms with Gasteiger partial charge < -0.3 is 10.8 Å². The molecule has 0 aliphatic rings. The number of hydrogen-bond donors (Lipinski definition) is 2. The van der Waals surface area contributed by atoms with Gasteiger partial charge in [0.15, 0.2) is 0 Å². The number of anilines is 1. The van der Waals surface area contributed by atoms with E-state index in [2.05, 4.69) is 9.97 Å². The predicted octanol–water partition coefficient (Wildman–Crippen LogP) is 3.89. The van der Waals surface area contributed by atoms with E-state index in [9.17, 15) is 9.50 Å². The van der Waals surface area contributed by atoms with Crippen molar-refractivity contribution in [3.05, 3.63) is 59.5 Å². The molecule has 110 valence electrons. The average molecular weight is 316 g/mol. The molecule has 1 heterocycles. The van der Waals surface area contributed by atoms with Crippen molar-refractivity contribution >= 4 is 17.4 Å². The standard InChI is InChI=1S/C16H11ClFN3O/c17-12-7-10(4-5-13(12)22)15-16(21-14(19)8-20-15)9-2-1-3-11(18)6-9/h1-8,22H,(H2,19,21). The largest absolute Gasteiger partial charge is 0.506 e. The Hall–Kier alpha value is -2.66. The summed E-state index contributed by atoms with van der Waals surface area (Å²) in [4.78, 5) is 8.53. The van der Waals surface area contributed by atoms with Gasteiger partial charge in [0, 0.05) is 11.1 Å². The summed E-state index contributed by atoms with van der Waals surface area (Å²) in [5.41, 5.74) is 7.85. The van der Waals surface area contributed by atoms with Crippen LogP contribution in [0.25, 0.3) is 22.5 Å². The number of nitrogens with two attached hydrogens (primary N) is 1. The zero-order valence-electron chi connectivity index (χ0n) is 11.3. The van der Waals surface area contributed by atoms with Crippen LogP contribution >= 0.6 is 11.6 Å². The molecule has 2 aromatic carbocycles. The van der Waals surface area contributed by atoms with Crippen LogP contribution < -0.4 is 5.73 Å². The third kappa shape index (κ3) is 2.71. The van der Waals surface area contributed by atoms with Gasteiger partial charge in [0.2, 0.25) is 0 Å². The Labute approximate surface area is 131 Å². The Kier molecular flexibility index (Phi) is 3.65. The van der Waals surface area contributed by atoms with Crippen molar-refractivity contribution in [2.75, 3.05) is 5.73 Å². The van der Waals surface area contributed by atoms with Crippen molar-refractivity contribution in [3.8, 4) is 28.3 Å². The third-order valence-corrected chi connectivity index (χ3v) is 3.41. The summed E-state index contributed by atoms with van der Waals surface area (Å²) in [5.74, 6) is -0.176. The normalized spacial score (nSPS) is 10.6. The zero-order chi connectivity index (χ0) is 15.7. The molecule has 0 saturated heterocycles. The number of aromatic hydroxyl groups is 1. The first kappa shape index (κ1) is 14.3. The number of halogens is 2. The van der Waals surface area contributed by atoms with E-state index in [-0.39, 0.29) is 22.4 Å². The molecule has 0 unspecified atom stereocenters. The topological polar surface area (TPSA) is 72.0 Å². The Morgan fingerprint density at radius 2 is 1.82 bits per heavy atom. The maximum absolute atomic E-state index is 13.5. The molecule has 3 rings (SSSR count). The van der Waals surface area contributed by atoms with Gasteiger partial charge >= 0.3 is 0 Å². The zero-order valence-corrected chi connectivity index (χ0v) is 12.0. The van der Waals surface area contributed by atoms with Crippen molar-refractivity contribution in [2.24, 2.45) is 0 Å². The number of nitrogen functional groups attached to an aromatic ring is 1. The van der Waals surface area contributed by atoms with Gasteiger partial charge in [-0.15, -0.1) is 0 Å². The fraction of sp³-hybridized carbons (Fsp3) is 0. The van der Waals surface area contributed by atoms with Gasteiger partial charge in [-0.05, 0) is 30.3 Å². The second-order valence-electron chi connectivity index (χ2n) is 4.67. The molecule has 0 radical (unpaired) electrons. The maximum atomic E-state index is 13.5. The van der Waals surface area contributed by atoms with E-state index < -0.39 is 0 Å². The number of phenolic OH excluding ortho intramolecular Hbond substituents is 1. The summed E-state index contributed by atoms with van der Waals surface area (Å²) < 4.78 is 13.5. The lowest BCUT2D eigenvalue weighted by molar-refractivity contribution is 0.475. The first-order valence-electron chi connectivity index (χ1n) is 6.42. The monoisotopic (exact) mass is 315 g/mol. The van der Waals surface area contributed by atoms with Crippen LogP contribution in [0.5, 0.6) is 5.75 Å². The smallest absolute Gasteiger partial charge is 0.142 e. The minimum Gasteiger partial charge on any atom is -0.506 e.